The fourth-order valence-corrected chi connectivity index (χ4v) is 1.89. The van der Waals surface area contributed by atoms with Crippen molar-refractivity contribution >= 4 is 5.97 Å². The lowest BCUT2D eigenvalue weighted by Gasteiger charge is -2.26. The molecule has 1 saturated carbocycles. The number of aliphatic carboxylic acids is 1. The fourth-order valence-electron chi connectivity index (χ4n) is 1.89. The molecular formula is C14H31NO2. The predicted octanol–water partition coefficient (Wildman–Crippen LogP) is 3.68. The van der Waals surface area contributed by atoms with Gasteiger partial charge in [-0.15, -0.1) is 0 Å². The first-order valence-corrected chi connectivity index (χ1v) is 7.20. The second-order valence-electron chi connectivity index (χ2n) is 3.84. The highest BCUT2D eigenvalue weighted by atomic mass is 16.4. The third kappa shape index (κ3) is 9.16. The molecule has 3 heteroatoms. The molecule has 0 aromatic rings. The molecule has 1 rings (SSSR count). The Labute approximate surface area is 107 Å². The van der Waals surface area contributed by atoms with E-state index in [2.05, 4.69) is 12.2 Å². The Morgan fingerprint density at radius 2 is 1.59 bits per heavy atom. The van der Waals surface area contributed by atoms with Gasteiger partial charge >= 0.3 is 5.97 Å². The van der Waals surface area contributed by atoms with Gasteiger partial charge in [-0.3, -0.25) is 4.79 Å². The summed E-state index contributed by atoms with van der Waals surface area (Å²) in [6.45, 7) is 11.2. The maximum Gasteiger partial charge on any atom is 0.306 e. The van der Waals surface area contributed by atoms with Crippen LogP contribution < -0.4 is 5.32 Å². The highest BCUT2D eigenvalue weighted by Crippen LogP contribution is 2.24. The van der Waals surface area contributed by atoms with Crippen LogP contribution in [-0.2, 0) is 4.79 Å². The first-order chi connectivity index (χ1) is 8.24. The highest BCUT2D eigenvalue weighted by Gasteiger charge is 2.25. The number of hydrogen-bond donors (Lipinski definition) is 2. The van der Waals surface area contributed by atoms with Gasteiger partial charge in [0.15, 0.2) is 0 Å². The van der Waals surface area contributed by atoms with E-state index >= 15 is 0 Å². The van der Waals surface area contributed by atoms with E-state index in [1.54, 1.807) is 0 Å². The number of carboxylic acids is 1. The molecule has 0 spiro atoms. The van der Waals surface area contributed by atoms with Gasteiger partial charge in [0.2, 0.25) is 0 Å². The number of carboxylic acid groups (broad SMARTS) is 1. The first-order valence-electron chi connectivity index (χ1n) is 7.20. The van der Waals surface area contributed by atoms with Crippen molar-refractivity contribution < 1.29 is 9.90 Å². The molecular weight excluding hydrogens is 214 g/mol. The Hall–Kier alpha value is -0.570. The average Bonchev–Trinajstić information content (AvgIpc) is 2.41. The fraction of sp³-hybridized carbons (Fsp3) is 0.929. The van der Waals surface area contributed by atoms with Crippen LogP contribution in [0.15, 0.2) is 0 Å². The maximum absolute atomic E-state index is 10.7. The van der Waals surface area contributed by atoms with E-state index in [0.29, 0.717) is 6.04 Å². The van der Waals surface area contributed by atoms with Crippen LogP contribution in [0, 0.1) is 5.92 Å². The summed E-state index contributed by atoms with van der Waals surface area (Å²) >= 11 is 0. The van der Waals surface area contributed by atoms with Crippen molar-refractivity contribution in [3.63, 3.8) is 0 Å². The van der Waals surface area contributed by atoms with Crippen LogP contribution in [0.3, 0.4) is 0 Å². The molecule has 17 heavy (non-hydrogen) atoms. The Morgan fingerprint density at radius 3 is 1.94 bits per heavy atom. The smallest absolute Gasteiger partial charge is 0.306 e. The Bertz CT molecular complexity index is 164. The van der Waals surface area contributed by atoms with Gasteiger partial charge < -0.3 is 10.4 Å². The summed E-state index contributed by atoms with van der Waals surface area (Å²) in [4.78, 5) is 10.7. The van der Waals surface area contributed by atoms with Crippen molar-refractivity contribution in [2.75, 3.05) is 6.54 Å². The Kier molecular flexibility index (Phi) is 14.9. The minimum Gasteiger partial charge on any atom is -0.481 e. The van der Waals surface area contributed by atoms with Gasteiger partial charge in [0, 0.05) is 6.04 Å². The van der Waals surface area contributed by atoms with Gasteiger partial charge in [-0.1, -0.05) is 34.6 Å². The molecule has 0 saturated heterocycles. The van der Waals surface area contributed by atoms with E-state index in [0.717, 1.165) is 38.6 Å². The van der Waals surface area contributed by atoms with Crippen molar-refractivity contribution in [3.8, 4) is 0 Å². The van der Waals surface area contributed by atoms with Crippen molar-refractivity contribution in [2.24, 2.45) is 5.92 Å². The number of carbonyl (C=O) groups is 1. The van der Waals surface area contributed by atoms with Gasteiger partial charge in [0.1, 0.15) is 0 Å². The number of rotatable bonds is 4. The van der Waals surface area contributed by atoms with Crippen molar-refractivity contribution in [2.45, 2.75) is 72.8 Å². The predicted molar refractivity (Wildman–Crippen MR) is 74.4 cm³/mol. The van der Waals surface area contributed by atoms with Gasteiger partial charge in [0.25, 0.3) is 0 Å². The van der Waals surface area contributed by atoms with E-state index in [4.69, 9.17) is 5.11 Å². The van der Waals surface area contributed by atoms with Crippen molar-refractivity contribution in [1.29, 1.82) is 0 Å². The summed E-state index contributed by atoms with van der Waals surface area (Å²) < 4.78 is 0. The standard InChI is InChI=1S/C10H19NO2.2C2H6/c1-2-7-11-9-5-3-8(4-6-9)10(12)13;2*1-2/h8-9,11H,2-7H2,1H3,(H,12,13);2*1-2H3. The lowest BCUT2D eigenvalue weighted by atomic mass is 9.86. The molecule has 1 fully saturated rings. The minimum absolute atomic E-state index is 0.0836. The molecule has 0 bridgehead atoms. The molecule has 0 unspecified atom stereocenters. The summed E-state index contributed by atoms with van der Waals surface area (Å²) in [6.07, 6.45) is 4.89. The average molecular weight is 245 g/mol. The quantitative estimate of drug-likeness (QED) is 0.794. The van der Waals surface area contributed by atoms with Crippen LogP contribution in [0.2, 0.25) is 0 Å². The van der Waals surface area contributed by atoms with Gasteiger partial charge in [-0.2, -0.15) is 0 Å². The molecule has 2 N–H and O–H groups in total. The van der Waals surface area contributed by atoms with E-state index in [1.807, 2.05) is 27.7 Å². The molecule has 0 aliphatic heterocycles. The van der Waals surface area contributed by atoms with Crippen LogP contribution >= 0.6 is 0 Å². The molecule has 104 valence electrons. The summed E-state index contributed by atoms with van der Waals surface area (Å²) in [7, 11) is 0. The molecule has 0 heterocycles. The lowest BCUT2D eigenvalue weighted by molar-refractivity contribution is -0.142. The SMILES string of the molecule is CC.CC.CCCNC1CCC(C(=O)O)CC1. The zero-order valence-corrected chi connectivity index (χ0v) is 12.3. The summed E-state index contributed by atoms with van der Waals surface area (Å²) in [5, 5.41) is 12.2. The third-order valence-electron chi connectivity index (χ3n) is 2.76. The van der Waals surface area contributed by atoms with Crippen LogP contribution in [0.5, 0.6) is 0 Å². The van der Waals surface area contributed by atoms with E-state index < -0.39 is 5.97 Å². The van der Waals surface area contributed by atoms with Gasteiger partial charge in [-0.25, -0.2) is 0 Å². The normalized spacial score (nSPS) is 22.6. The zero-order valence-electron chi connectivity index (χ0n) is 12.3. The van der Waals surface area contributed by atoms with Crippen LogP contribution in [0.25, 0.3) is 0 Å². The highest BCUT2D eigenvalue weighted by molar-refractivity contribution is 5.70. The first kappa shape index (κ1) is 18.8. The van der Waals surface area contributed by atoms with Crippen molar-refractivity contribution in [3.05, 3.63) is 0 Å². The number of nitrogens with one attached hydrogen (secondary N) is 1. The molecule has 1 aliphatic rings. The van der Waals surface area contributed by atoms with E-state index in [9.17, 15) is 4.79 Å². The van der Waals surface area contributed by atoms with E-state index in [1.165, 1.54) is 0 Å². The summed E-state index contributed by atoms with van der Waals surface area (Å²) in [5.41, 5.74) is 0. The largest absolute Gasteiger partial charge is 0.481 e. The second kappa shape index (κ2) is 13.5. The van der Waals surface area contributed by atoms with Crippen LogP contribution in [-0.4, -0.2) is 23.7 Å². The molecule has 0 aromatic carbocycles. The van der Waals surface area contributed by atoms with Gasteiger partial charge in [-0.05, 0) is 38.6 Å². The Balaban J connectivity index is 0. The van der Waals surface area contributed by atoms with Crippen molar-refractivity contribution in [1.82, 2.24) is 5.32 Å². The minimum atomic E-state index is -0.617. The lowest BCUT2D eigenvalue weighted by Crippen LogP contribution is -2.35. The van der Waals surface area contributed by atoms with Crippen LogP contribution in [0.1, 0.15) is 66.7 Å². The van der Waals surface area contributed by atoms with Gasteiger partial charge in [0.05, 0.1) is 5.92 Å². The molecule has 0 radical (unpaired) electrons. The Morgan fingerprint density at radius 1 is 1.12 bits per heavy atom. The summed E-state index contributed by atoms with van der Waals surface area (Å²) in [6, 6.07) is 0.565. The number of hydrogen-bond acceptors (Lipinski definition) is 2. The second-order valence-corrected chi connectivity index (χ2v) is 3.84. The monoisotopic (exact) mass is 245 g/mol. The summed E-state index contributed by atoms with van der Waals surface area (Å²) in [5.74, 6) is -0.700. The molecule has 0 amide bonds. The van der Waals surface area contributed by atoms with E-state index in [-0.39, 0.29) is 5.92 Å². The maximum atomic E-state index is 10.7. The molecule has 0 aromatic heterocycles. The molecule has 1 aliphatic carbocycles. The topological polar surface area (TPSA) is 49.3 Å². The van der Waals surface area contributed by atoms with Crippen LogP contribution in [0.4, 0.5) is 0 Å². The zero-order chi connectivity index (χ0) is 13.7. The molecule has 0 atom stereocenters. The third-order valence-corrected chi connectivity index (χ3v) is 2.76. The molecule has 3 nitrogen and oxygen atoms in total.